The third kappa shape index (κ3) is 5.80. The summed E-state index contributed by atoms with van der Waals surface area (Å²) >= 11 is 4.81. The zero-order chi connectivity index (χ0) is 16.7. The molecular formula is C17H19BrN2O2S. The molecule has 122 valence electrons. The molecule has 23 heavy (non-hydrogen) atoms. The Bertz CT molecular complexity index is 641. The Labute approximate surface area is 148 Å². The molecule has 0 unspecified atom stereocenters. The number of nitrogens with zero attached hydrogens (tertiary/aromatic N) is 1. The van der Waals surface area contributed by atoms with Gasteiger partial charge in [0.25, 0.3) is 5.91 Å². The van der Waals surface area contributed by atoms with Crippen molar-refractivity contribution in [3.8, 4) is 0 Å². The molecule has 6 heteroatoms. The molecule has 4 nitrogen and oxygen atoms in total. The highest BCUT2D eigenvalue weighted by Gasteiger charge is 2.10. The van der Waals surface area contributed by atoms with Crippen molar-refractivity contribution in [1.82, 2.24) is 10.2 Å². The number of hydrogen-bond donors (Lipinski definition) is 1. The molecule has 1 heterocycles. The van der Waals surface area contributed by atoms with Crippen molar-refractivity contribution >= 4 is 39.1 Å². The van der Waals surface area contributed by atoms with Crippen LogP contribution in [0.3, 0.4) is 0 Å². The van der Waals surface area contributed by atoms with Crippen molar-refractivity contribution in [3.63, 3.8) is 0 Å². The van der Waals surface area contributed by atoms with E-state index in [0.29, 0.717) is 30.8 Å². The van der Waals surface area contributed by atoms with Crippen LogP contribution >= 0.6 is 27.3 Å². The average Bonchev–Trinajstić information content (AvgIpc) is 3.07. The van der Waals surface area contributed by atoms with Gasteiger partial charge in [-0.1, -0.05) is 34.1 Å². The van der Waals surface area contributed by atoms with Crippen LogP contribution in [0.1, 0.15) is 28.1 Å². The summed E-state index contributed by atoms with van der Waals surface area (Å²) < 4.78 is 1.02. The van der Waals surface area contributed by atoms with E-state index >= 15 is 0 Å². The van der Waals surface area contributed by atoms with Gasteiger partial charge in [-0.3, -0.25) is 9.59 Å². The van der Waals surface area contributed by atoms with E-state index in [9.17, 15) is 9.59 Å². The number of carbonyl (C=O) groups excluding carboxylic acids is 2. The molecule has 0 radical (unpaired) electrons. The summed E-state index contributed by atoms with van der Waals surface area (Å²) in [6, 6.07) is 11.6. The first-order valence-corrected chi connectivity index (χ1v) is 9.03. The van der Waals surface area contributed by atoms with Crippen LogP contribution in [-0.4, -0.2) is 30.3 Å². The normalized spacial score (nSPS) is 10.3. The standard InChI is InChI=1S/C17H19BrN2O2S/c1-20(12-13-6-8-14(18)9-7-13)16(21)5-2-10-19-17(22)15-4-3-11-23-15/h3-4,6-9,11H,2,5,10,12H2,1H3,(H,19,22). The van der Waals surface area contributed by atoms with Gasteiger partial charge in [-0.05, 0) is 35.6 Å². The van der Waals surface area contributed by atoms with Crippen LogP contribution in [0.25, 0.3) is 0 Å². The average molecular weight is 395 g/mol. The van der Waals surface area contributed by atoms with E-state index in [-0.39, 0.29) is 11.8 Å². The van der Waals surface area contributed by atoms with Crippen LogP contribution in [0.4, 0.5) is 0 Å². The van der Waals surface area contributed by atoms with Gasteiger partial charge in [0.15, 0.2) is 0 Å². The summed E-state index contributed by atoms with van der Waals surface area (Å²) in [5, 5.41) is 4.70. The molecule has 0 atom stereocenters. The molecule has 0 spiro atoms. The molecule has 1 aromatic heterocycles. The van der Waals surface area contributed by atoms with Crippen molar-refractivity contribution in [2.24, 2.45) is 0 Å². The Kier molecular flexibility index (Phi) is 6.80. The molecule has 2 rings (SSSR count). The molecule has 0 aliphatic heterocycles. The van der Waals surface area contributed by atoms with Gasteiger partial charge in [-0.2, -0.15) is 0 Å². The fourth-order valence-corrected chi connectivity index (χ4v) is 2.98. The Morgan fingerprint density at radius 2 is 1.96 bits per heavy atom. The van der Waals surface area contributed by atoms with Crippen molar-refractivity contribution in [2.75, 3.05) is 13.6 Å². The second-order valence-corrected chi connectivity index (χ2v) is 7.08. The number of amides is 2. The number of carbonyl (C=O) groups is 2. The fourth-order valence-electron chi connectivity index (χ4n) is 2.08. The fraction of sp³-hybridized carbons (Fsp3) is 0.294. The van der Waals surface area contributed by atoms with Crippen LogP contribution < -0.4 is 5.32 Å². The van der Waals surface area contributed by atoms with Crippen LogP contribution in [-0.2, 0) is 11.3 Å². The minimum Gasteiger partial charge on any atom is -0.351 e. The number of halogens is 1. The number of nitrogens with one attached hydrogen (secondary N) is 1. The van der Waals surface area contributed by atoms with E-state index in [1.54, 1.807) is 18.0 Å². The van der Waals surface area contributed by atoms with Gasteiger partial charge in [-0.25, -0.2) is 0 Å². The Hall–Kier alpha value is -1.66. The predicted octanol–water partition coefficient (Wildman–Crippen LogP) is 3.68. The lowest BCUT2D eigenvalue weighted by molar-refractivity contribution is -0.130. The van der Waals surface area contributed by atoms with E-state index in [2.05, 4.69) is 21.2 Å². The molecule has 0 fully saturated rings. The number of thiophene rings is 1. The summed E-state index contributed by atoms with van der Waals surface area (Å²) in [4.78, 5) is 26.3. The van der Waals surface area contributed by atoms with Crippen molar-refractivity contribution in [2.45, 2.75) is 19.4 Å². The van der Waals surface area contributed by atoms with Crippen molar-refractivity contribution in [3.05, 3.63) is 56.7 Å². The molecule has 1 N–H and O–H groups in total. The molecular weight excluding hydrogens is 376 g/mol. The lowest BCUT2D eigenvalue weighted by atomic mass is 10.2. The topological polar surface area (TPSA) is 49.4 Å². The second kappa shape index (κ2) is 8.84. The van der Waals surface area contributed by atoms with Gasteiger partial charge in [0.05, 0.1) is 4.88 Å². The van der Waals surface area contributed by atoms with E-state index in [0.717, 1.165) is 10.0 Å². The summed E-state index contributed by atoms with van der Waals surface area (Å²) in [7, 11) is 1.80. The zero-order valence-electron chi connectivity index (χ0n) is 12.9. The third-order valence-electron chi connectivity index (χ3n) is 3.36. The van der Waals surface area contributed by atoms with Crippen LogP contribution in [0.15, 0.2) is 46.3 Å². The maximum atomic E-state index is 12.1. The van der Waals surface area contributed by atoms with Gasteiger partial charge in [0.2, 0.25) is 5.91 Å². The molecule has 1 aromatic carbocycles. The highest BCUT2D eigenvalue weighted by molar-refractivity contribution is 9.10. The summed E-state index contributed by atoms with van der Waals surface area (Å²) in [6.45, 7) is 1.10. The molecule has 0 saturated carbocycles. The minimum absolute atomic E-state index is 0.0735. The second-order valence-electron chi connectivity index (χ2n) is 5.21. The summed E-state index contributed by atoms with van der Waals surface area (Å²) in [6.07, 6.45) is 1.07. The van der Waals surface area contributed by atoms with Gasteiger partial charge >= 0.3 is 0 Å². The van der Waals surface area contributed by atoms with Gasteiger partial charge in [0, 0.05) is 31.0 Å². The molecule has 2 aromatic rings. The van der Waals surface area contributed by atoms with Crippen molar-refractivity contribution < 1.29 is 9.59 Å². The van der Waals surface area contributed by atoms with E-state index in [1.807, 2.05) is 35.7 Å². The highest BCUT2D eigenvalue weighted by Crippen LogP contribution is 2.12. The third-order valence-corrected chi connectivity index (χ3v) is 4.75. The summed E-state index contributed by atoms with van der Waals surface area (Å²) in [5.41, 5.74) is 1.09. The maximum Gasteiger partial charge on any atom is 0.261 e. The first-order chi connectivity index (χ1) is 11.1. The first kappa shape index (κ1) is 17.7. The molecule has 0 saturated heterocycles. The van der Waals surface area contributed by atoms with Gasteiger partial charge in [-0.15, -0.1) is 11.3 Å². The van der Waals surface area contributed by atoms with Crippen LogP contribution in [0, 0.1) is 0 Å². The quantitative estimate of drug-likeness (QED) is 0.728. The molecule has 0 aliphatic carbocycles. The van der Waals surface area contributed by atoms with Gasteiger partial charge < -0.3 is 10.2 Å². The van der Waals surface area contributed by atoms with E-state index < -0.39 is 0 Å². The lowest BCUT2D eigenvalue weighted by Gasteiger charge is -2.17. The number of benzene rings is 1. The summed E-state index contributed by atoms with van der Waals surface area (Å²) in [5.74, 6) is 0.00829. The largest absolute Gasteiger partial charge is 0.351 e. The monoisotopic (exact) mass is 394 g/mol. The first-order valence-electron chi connectivity index (χ1n) is 7.36. The van der Waals surface area contributed by atoms with E-state index in [4.69, 9.17) is 0 Å². The smallest absolute Gasteiger partial charge is 0.261 e. The number of hydrogen-bond acceptors (Lipinski definition) is 3. The molecule has 0 aliphatic rings. The molecule has 0 bridgehead atoms. The Morgan fingerprint density at radius 1 is 1.22 bits per heavy atom. The van der Waals surface area contributed by atoms with E-state index in [1.165, 1.54) is 11.3 Å². The van der Waals surface area contributed by atoms with Gasteiger partial charge in [0.1, 0.15) is 0 Å². The predicted molar refractivity (Wildman–Crippen MR) is 96.5 cm³/mol. The van der Waals surface area contributed by atoms with Crippen LogP contribution in [0.2, 0.25) is 0 Å². The number of rotatable bonds is 7. The lowest BCUT2D eigenvalue weighted by Crippen LogP contribution is -2.28. The minimum atomic E-state index is -0.0735. The Morgan fingerprint density at radius 3 is 2.61 bits per heavy atom. The van der Waals surface area contributed by atoms with Crippen molar-refractivity contribution in [1.29, 1.82) is 0 Å². The van der Waals surface area contributed by atoms with Crippen LogP contribution in [0.5, 0.6) is 0 Å². The highest BCUT2D eigenvalue weighted by atomic mass is 79.9. The molecule has 2 amide bonds. The Balaban J connectivity index is 1.67. The zero-order valence-corrected chi connectivity index (χ0v) is 15.3. The SMILES string of the molecule is CN(Cc1ccc(Br)cc1)C(=O)CCCNC(=O)c1cccs1. The maximum absolute atomic E-state index is 12.1.